The number of aliphatic carboxylic acids is 1. The van der Waals surface area contributed by atoms with E-state index in [0.29, 0.717) is 18.6 Å². The third-order valence-electron chi connectivity index (χ3n) is 3.81. The summed E-state index contributed by atoms with van der Waals surface area (Å²) in [6.07, 6.45) is 10.1. The SMILES string of the molecule is CN(C)CCCCCCCCCCC(=O)NC(CCS)C(=O)O. The van der Waals surface area contributed by atoms with E-state index in [9.17, 15) is 9.59 Å². The topological polar surface area (TPSA) is 69.6 Å². The van der Waals surface area contributed by atoms with Crippen LogP contribution in [0.15, 0.2) is 0 Å². The molecule has 0 aromatic rings. The van der Waals surface area contributed by atoms with Gasteiger partial charge in [-0.05, 0) is 45.7 Å². The van der Waals surface area contributed by atoms with Gasteiger partial charge in [-0.3, -0.25) is 4.79 Å². The standard InChI is InChI=1S/C17H34N2O3S/c1-19(2)13-10-8-6-4-3-5-7-9-11-16(20)18-15(12-14-23)17(21)22/h15,23H,3-14H2,1-2H3,(H,18,20)(H,21,22). The fraction of sp³-hybridized carbons (Fsp3) is 0.882. The van der Waals surface area contributed by atoms with Gasteiger partial charge >= 0.3 is 5.97 Å². The van der Waals surface area contributed by atoms with Gasteiger partial charge in [0.15, 0.2) is 0 Å². The number of unbranched alkanes of at least 4 members (excludes halogenated alkanes) is 7. The number of hydrogen-bond acceptors (Lipinski definition) is 4. The van der Waals surface area contributed by atoms with Crippen molar-refractivity contribution in [2.75, 3.05) is 26.4 Å². The number of carboxylic acids is 1. The van der Waals surface area contributed by atoms with Gasteiger partial charge in [0, 0.05) is 6.42 Å². The molecule has 0 bridgehead atoms. The molecule has 6 heteroatoms. The van der Waals surface area contributed by atoms with E-state index in [1.807, 2.05) is 0 Å². The molecule has 1 unspecified atom stereocenters. The van der Waals surface area contributed by atoms with Crippen molar-refractivity contribution in [2.24, 2.45) is 0 Å². The number of hydrogen-bond donors (Lipinski definition) is 3. The van der Waals surface area contributed by atoms with E-state index >= 15 is 0 Å². The Kier molecular flexibility index (Phi) is 14.3. The van der Waals surface area contributed by atoms with Gasteiger partial charge in [0.2, 0.25) is 5.91 Å². The quantitative estimate of drug-likeness (QED) is 0.315. The number of rotatable bonds is 15. The largest absolute Gasteiger partial charge is 0.480 e. The summed E-state index contributed by atoms with van der Waals surface area (Å²) < 4.78 is 0. The van der Waals surface area contributed by atoms with Crippen molar-refractivity contribution < 1.29 is 14.7 Å². The second kappa shape index (κ2) is 14.8. The van der Waals surface area contributed by atoms with Crippen molar-refractivity contribution >= 4 is 24.5 Å². The lowest BCUT2D eigenvalue weighted by Gasteiger charge is -2.13. The van der Waals surface area contributed by atoms with Crippen molar-refractivity contribution in [1.29, 1.82) is 0 Å². The molecule has 0 aliphatic rings. The number of carboxylic acid groups (broad SMARTS) is 1. The van der Waals surface area contributed by atoms with Gasteiger partial charge in [0.1, 0.15) is 6.04 Å². The summed E-state index contributed by atoms with van der Waals surface area (Å²) in [5, 5.41) is 11.5. The molecular weight excluding hydrogens is 312 g/mol. The molecule has 5 nitrogen and oxygen atoms in total. The summed E-state index contributed by atoms with van der Waals surface area (Å²) in [7, 11) is 4.21. The van der Waals surface area contributed by atoms with Crippen LogP contribution in [-0.4, -0.2) is 54.3 Å². The number of thiol groups is 1. The van der Waals surface area contributed by atoms with Crippen molar-refractivity contribution in [3.8, 4) is 0 Å². The zero-order valence-electron chi connectivity index (χ0n) is 14.7. The summed E-state index contributed by atoms with van der Waals surface area (Å²) in [4.78, 5) is 24.8. The van der Waals surface area contributed by atoms with Gasteiger partial charge in [-0.25, -0.2) is 4.79 Å². The van der Waals surface area contributed by atoms with Crippen LogP contribution in [0.5, 0.6) is 0 Å². The third kappa shape index (κ3) is 14.6. The van der Waals surface area contributed by atoms with Crippen molar-refractivity contribution in [3.05, 3.63) is 0 Å². The fourth-order valence-electron chi connectivity index (χ4n) is 2.43. The Morgan fingerprint density at radius 3 is 2.00 bits per heavy atom. The Labute approximate surface area is 146 Å². The maximum atomic E-state index is 11.7. The first-order chi connectivity index (χ1) is 11.0. The molecule has 0 radical (unpaired) electrons. The highest BCUT2D eigenvalue weighted by molar-refractivity contribution is 7.80. The van der Waals surface area contributed by atoms with E-state index in [1.165, 1.54) is 38.6 Å². The Bertz CT molecular complexity index is 325. The minimum Gasteiger partial charge on any atom is -0.480 e. The van der Waals surface area contributed by atoms with Gasteiger partial charge < -0.3 is 15.3 Å². The van der Waals surface area contributed by atoms with Crippen LogP contribution in [0.2, 0.25) is 0 Å². The van der Waals surface area contributed by atoms with Gasteiger partial charge in [-0.2, -0.15) is 12.6 Å². The van der Waals surface area contributed by atoms with E-state index < -0.39 is 12.0 Å². The molecule has 2 N–H and O–H groups in total. The van der Waals surface area contributed by atoms with Crippen molar-refractivity contribution in [2.45, 2.75) is 70.3 Å². The summed E-state index contributed by atoms with van der Waals surface area (Å²) in [5.41, 5.74) is 0. The molecule has 23 heavy (non-hydrogen) atoms. The highest BCUT2D eigenvalue weighted by atomic mass is 32.1. The van der Waals surface area contributed by atoms with Crippen LogP contribution in [0.3, 0.4) is 0 Å². The maximum absolute atomic E-state index is 11.7. The van der Waals surface area contributed by atoms with E-state index in [0.717, 1.165) is 19.3 Å². The van der Waals surface area contributed by atoms with Gasteiger partial charge in [0.05, 0.1) is 0 Å². The molecule has 0 heterocycles. The molecule has 0 saturated heterocycles. The Morgan fingerprint density at radius 1 is 1.00 bits per heavy atom. The molecule has 0 aromatic carbocycles. The Morgan fingerprint density at radius 2 is 1.52 bits per heavy atom. The molecule has 136 valence electrons. The van der Waals surface area contributed by atoms with Crippen LogP contribution >= 0.6 is 12.6 Å². The zero-order chi connectivity index (χ0) is 17.5. The number of amides is 1. The lowest BCUT2D eigenvalue weighted by Crippen LogP contribution is -2.40. The van der Waals surface area contributed by atoms with Gasteiger partial charge in [0.25, 0.3) is 0 Å². The number of carbonyl (C=O) groups is 2. The van der Waals surface area contributed by atoms with Crippen molar-refractivity contribution in [1.82, 2.24) is 10.2 Å². The average Bonchev–Trinajstić information content (AvgIpc) is 2.48. The first-order valence-corrected chi connectivity index (χ1v) is 9.38. The van der Waals surface area contributed by atoms with Crippen molar-refractivity contribution in [3.63, 3.8) is 0 Å². The van der Waals surface area contributed by atoms with Crippen LogP contribution in [-0.2, 0) is 9.59 Å². The third-order valence-corrected chi connectivity index (χ3v) is 4.07. The van der Waals surface area contributed by atoms with Crippen LogP contribution in [0, 0.1) is 0 Å². The van der Waals surface area contributed by atoms with E-state index in [4.69, 9.17) is 5.11 Å². The molecule has 0 fully saturated rings. The molecule has 1 amide bonds. The van der Waals surface area contributed by atoms with E-state index in [2.05, 4.69) is 36.9 Å². The summed E-state index contributed by atoms with van der Waals surface area (Å²) in [6, 6.07) is -0.804. The van der Waals surface area contributed by atoms with Gasteiger partial charge in [-0.1, -0.05) is 38.5 Å². The highest BCUT2D eigenvalue weighted by Crippen LogP contribution is 2.10. The van der Waals surface area contributed by atoms with Crippen LogP contribution in [0.4, 0.5) is 0 Å². The van der Waals surface area contributed by atoms with Crippen LogP contribution in [0.1, 0.15) is 64.2 Å². The minimum absolute atomic E-state index is 0.164. The van der Waals surface area contributed by atoms with E-state index in [1.54, 1.807) is 0 Å². The zero-order valence-corrected chi connectivity index (χ0v) is 15.6. The highest BCUT2D eigenvalue weighted by Gasteiger charge is 2.18. The second-order valence-electron chi connectivity index (χ2n) is 6.35. The molecule has 0 spiro atoms. The minimum atomic E-state index is -0.985. The predicted octanol–water partition coefficient (Wildman–Crippen LogP) is 2.95. The van der Waals surface area contributed by atoms with Crippen LogP contribution < -0.4 is 5.32 Å². The number of carbonyl (C=O) groups excluding carboxylic acids is 1. The Hall–Kier alpha value is -0.750. The summed E-state index contributed by atoms with van der Waals surface area (Å²) >= 11 is 4.01. The number of nitrogens with one attached hydrogen (secondary N) is 1. The van der Waals surface area contributed by atoms with E-state index in [-0.39, 0.29) is 5.91 Å². The van der Waals surface area contributed by atoms with Gasteiger partial charge in [-0.15, -0.1) is 0 Å². The lowest BCUT2D eigenvalue weighted by molar-refractivity contribution is -0.141. The Balaban J connectivity index is 3.46. The summed E-state index contributed by atoms with van der Waals surface area (Å²) in [5.74, 6) is -0.698. The number of nitrogens with zero attached hydrogens (tertiary/aromatic N) is 1. The fourth-order valence-corrected chi connectivity index (χ4v) is 2.69. The first kappa shape index (κ1) is 22.2. The predicted molar refractivity (Wildman–Crippen MR) is 98.1 cm³/mol. The molecule has 0 aromatic heterocycles. The monoisotopic (exact) mass is 346 g/mol. The molecule has 0 aliphatic heterocycles. The lowest BCUT2D eigenvalue weighted by atomic mass is 10.1. The molecule has 0 aliphatic carbocycles. The maximum Gasteiger partial charge on any atom is 0.326 e. The normalized spacial score (nSPS) is 12.3. The second-order valence-corrected chi connectivity index (χ2v) is 6.80. The molecule has 0 saturated carbocycles. The summed E-state index contributed by atoms with van der Waals surface area (Å²) in [6.45, 7) is 1.17. The molecular formula is C17H34N2O3S. The molecule has 1 atom stereocenters. The smallest absolute Gasteiger partial charge is 0.326 e. The molecule has 0 rings (SSSR count). The first-order valence-electron chi connectivity index (χ1n) is 8.75. The van der Waals surface area contributed by atoms with Crippen LogP contribution in [0.25, 0.3) is 0 Å². The average molecular weight is 347 g/mol.